The van der Waals surface area contributed by atoms with Gasteiger partial charge in [0.1, 0.15) is 5.54 Å². The molecule has 1 fully saturated rings. The van der Waals surface area contributed by atoms with Gasteiger partial charge in [-0.25, -0.2) is 0 Å². The van der Waals surface area contributed by atoms with Crippen LogP contribution in [0, 0.1) is 11.8 Å². The van der Waals surface area contributed by atoms with Crippen LogP contribution in [0.25, 0.3) is 0 Å². The van der Waals surface area contributed by atoms with Crippen molar-refractivity contribution in [1.29, 1.82) is 0 Å². The summed E-state index contributed by atoms with van der Waals surface area (Å²) in [7, 11) is 0. The van der Waals surface area contributed by atoms with E-state index in [2.05, 4.69) is 19.2 Å². The molecule has 110 valence electrons. The third-order valence-corrected chi connectivity index (χ3v) is 4.88. The van der Waals surface area contributed by atoms with Crippen molar-refractivity contribution in [3.8, 4) is 0 Å². The van der Waals surface area contributed by atoms with Crippen LogP contribution in [0.3, 0.4) is 0 Å². The molecular formula is C16H23ClN2O. The van der Waals surface area contributed by atoms with Crippen molar-refractivity contribution in [3.63, 3.8) is 0 Å². The van der Waals surface area contributed by atoms with Gasteiger partial charge >= 0.3 is 0 Å². The normalized spacial score (nSPS) is 26.5. The van der Waals surface area contributed by atoms with Crippen LogP contribution in [-0.2, 0) is 4.79 Å². The number of carbonyl (C=O) groups excluding carboxylic acids is 1. The molecular weight excluding hydrogens is 272 g/mol. The van der Waals surface area contributed by atoms with Gasteiger partial charge in [0, 0.05) is 0 Å². The second-order valence-electron chi connectivity index (χ2n) is 6.13. The molecule has 20 heavy (non-hydrogen) atoms. The van der Waals surface area contributed by atoms with Gasteiger partial charge in [0.25, 0.3) is 0 Å². The van der Waals surface area contributed by atoms with Crippen LogP contribution in [0.4, 0.5) is 5.69 Å². The Labute approximate surface area is 125 Å². The highest BCUT2D eigenvalue weighted by Gasteiger charge is 2.41. The second kappa shape index (κ2) is 6.04. The first-order chi connectivity index (χ1) is 9.44. The monoisotopic (exact) mass is 294 g/mol. The number of amides is 1. The van der Waals surface area contributed by atoms with Gasteiger partial charge in [-0.05, 0) is 49.7 Å². The second-order valence-corrected chi connectivity index (χ2v) is 6.54. The molecule has 0 aliphatic heterocycles. The SMILES string of the molecule is CC(C)C1CCC(Nc2ccccc2Cl)(C(N)=O)CC1. The summed E-state index contributed by atoms with van der Waals surface area (Å²) >= 11 is 6.17. The Hall–Kier alpha value is -1.22. The van der Waals surface area contributed by atoms with Gasteiger partial charge in [-0.1, -0.05) is 37.6 Å². The van der Waals surface area contributed by atoms with Crippen LogP contribution < -0.4 is 11.1 Å². The number of rotatable bonds is 4. The van der Waals surface area contributed by atoms with Gasteiger partial charge in [-0.3, -0.25) is 4.79 Å². The number of benzene rings is 1. The Bertz CT molecular complexity index is 479. The first kappa shape index (κ1) is 15.2. The molecule has 3 N–H and O–H groups in total. The number of nitrogens with one attached hydrogen (secondary N) is 1. The summed E-state index contributed by atoms with van der Waals surface area (Å²) in [6.45, 7) is 4.48. The van der Waals surface area contributed by atoms with Crippen LogP contribution >= 0.6 is 11.6 Å². The molecule has 0 bridgehead atoms. The van der Waals surface area contributed by atoms with Crippen LogP contribution in [0.15, 0.2) is 24.3 Å². The van der Waals surface area contributed by atoms with Gasteiger partial charge in [0.2, 0.25) is 5.91 Å². The quantitative estimate of drug-likeness (QED) is 0.887. The minimum absolute atomic E-state index is 0.278. The van der Waals surface area contributed by atoms with Gasteiger partial charge in [-0.2, -0.15) is 0 Å². The van der Waals surface area contributed by atoms with Crippen LogP contribution in [0.5, 0.6) is 0 Å². The minimum atomic E-state index is -0.656. The predicted octanol–water partition coefficient (Wildman–Crippen LogP) is 3.82. The molecule has 1 aromatic carbocycles. The Morgan fingerprint density at radius 1 is 1.35 bits per heavy atom. The van der Waals surface area contributed by atoms with E-state index in [1.807, 2.05) is 24.3 Å². The molecule has 0 unspecified atom stereocenters. The summed E-state index contributed by atoms with van der Waals surface area (Å²) in [6, 6.07) is 7.49. The van der Waals surface area contributed by atoms with Crippen LogP contribution in [0.2, 0.25) is 5.02 Å². The van der Waals surface area contributed by atoms with Crippen molar-refractivity contribution in [1.82, 2.24) is 0 Å². The van der Waals surface area contributed by atoms with Crippen molar-refractivity contribution in [2.75, 3.05) is 5.32 Å². The lowest BCUT2D eigenvalue weighted by atomic mass is 9.72. The lowest BCUT2D eigenvalue weighted by Crippen LogP contribution is -2.53. The molecule has 1 aromatic rings. The average Bonchev–Trinajstić information content (AvgIpc) is 2.42. The van der Waals surface area contributed by atoms with E-state index in [1.165, 1.54) is 0 Å². The minimum Gasteiger partial charge on any atom is -0.370 e. The molecule has 0 heterocycles. The van der Waals surface area contributed by atoms with Gasteiger partial charge in [-0.15, -0.1) is 0 Å². The summed E-state index contributed by atoms with van der Waals surface area (Å²) in [5.74, 6) is 1.05. The summed E-state index contributed by atoms with van der Waals surface area (Å²) in [5, 5.41) is 3.94. The first-order valence-corrected chi connectivity index (χ1v) is 7.65. The first-order valence-electron chi connectivity index (χ1n) is 7.27. The zero-order chi connectivity index (χ0) is 14.8. The Kier molecular flexibility index (Phi) is 4.59. The highest BCUT2D eigenvalue weighted by atomic mass is 35.5. The van der Waals surface area contributed by atoms with E-state index in [-0.39, 0.29) is 5.91 Å². The van der Waals surface area contributed by atoms with E-state index in [1.54, 1.807) is 0 Å². The summed E-state index contributed by atoms with van der Waals surface area (Å²) in [6.07, 6.45) is 3.60. The van der Waals surface area contributed by atoms with Crippen molar-refractivity contribution < 1.29 is 4.79 Å². The maximum atomic E-state index is 12.0. The molecule has 1 aliphatic carbocycles. The maximum absolute atomic E-state index is 12.0. The van der Waals surface area contributed by atoms with E-state index >= 15 is 0 Å². The molecule has 0 radical (unpaired) electrons. The topological polar surface area (TPSA) is 55.1 Å². The third-order valence-electron chi connectivity index (χ3n) is 4.55. The molecule has 4 heteroatoms. The number of hydrogen-bond acceptors (Lipinski definition) is 2. The Morgan fingerprint density at radius 2 is 1.95 bits per heavy atom. The van der Waals surface area contributed by atoms with Crippen molar-refractivity contribution >= 4 is 23.2 Å². The molecule has 2 rings (SSSR count). The van der Waals surface area contributed by atoms with E-state index in [9.17, 15) is 4.79 Å². The zero-order valence-corrected chi connectivity index (χ0v) is 12.9. The fraction of sp³-hybridized carbons (Fsp3) is 0.562. The smallest absolute Gasteiger partial charge is 0.243 e. The van der Waals surface area contributed by atoms with E-state index in [0.717, 1.165) is 31.4 Å². The number of nitrogens with two attached hydrogens (primary N) is 1. The van der Waals surface area contributed by atoms with Gasteiger partial charge < -0.3 is 11.1 Å². The number of halogens is 1. The number of para-hydroxylation sites is 1. The highest BCUT2D eigenvalue weighted by molar-refractivity contribution is 6.33. The molecule has 0 aromatic heterocycles. The maximum Gasteiger partial charge on any atom is 0.243 e. The summed E-state index contributed by atoms with van der Waals surface area (Å²) < 4.78 is 0. The number of carbonyl (C=O) groups is 1. The van der Waals surface area contributed by atoms with Crippen molar-refractivity contribution in [3.05, 3.63) is 29.3 Å². The Balaban J connectivity index is 2.16. The molecule has 0 atom stereocenters. The molecule has 1 saturated carbocycles. The fourth-order valence-electron chi connectivity index (χ4n) is 3.05. The van der Waals surface area contributed by atoms with Crippen molar-refractivity contribution in [2.45, 2.75) is 45.1 Å². The average molecular weight is 295 g/mol. The van der Waals surface area contributed by atoms with Crippen LogP contribution in [-0.4, -0.2) is 11.4 Å². The van der Waals surface area contributed by atoms with Gasteiger partial charge in [0.15, 0.2) is 0 Å². The summed E-state index contributed by atoms with van der Waals surface area (Å²) in [4.78, 5) is 12.0. The third kappa shape index (κ3) is 3.09. The van der Waals surface area contributed by atoms with Gasteiger partial charge in [0.05, 0.1) is 10.7 Å². The molecule has 0 saturated heterocycles. The lowest BCUT2D eigenvalue weighted by Gasteiger charge is -2.40. The Morgan fingerprint density at radius 3 is 2.45 bits per heavy atom. The van der Waals surface area contributed by atoms with E-state index in [0.29, 0.717) is 16.9 Å². The highest BCUT2D eigenvalue weighted by Crippen LogP contribution is 2.38. The number of primary amides is 1. The fourth-order valence-corrected chi connectivity index (χ4v) is 3.24. The lowest BCUT2D eigenvalue weighted by molar-refractivity contribution is -0.123. The summed E-state index contributed by atoms with van der Waals surface area (Å²) in [5.41, 5.74) is 5.81. The molecule has 3 nitrogen and oxygen atoms in total. The number of anilines is 1. The van der Waals surface area contributed by atoms with E-state index < -0.39 is 5.54 Å². The standard InChI is InChI=1S/C16H23ClN2O/c1-11(2)12-7-9-16(10-8-12,15(18)20)19-14-6-4-3-5-13(14)17/h3-6,11-12,19H,7-10H2,1-2H3,(H2,18,20). The molecule has 1 amide bonds. The van der Waals surface area contributed by atoms with Crippen LogP contribution in [0.1, 0.15) is 39.5 Å². The van der Waals surface area contributed by atoms with Crippen molar-refractivity contribution in [2.24, 2.45) is 17.6 Å². The predicted molar refractivity (Wildman–Crippen MR) is 83.8 cm³/mol. The molecule has 1 aliphatic rings. The molecule has 0 spiro atoms. The zero-order valence-electron chi connectivity index (χ0n) is 12.2. The number of hydrogen-bond donors (Lipinski definition) is 2. The van der Waals surface area contributed by atoms with E-state index in [4.69, 9.17) is 17.3 Å². The largest absolute Gasteiger partial charge is 0.370 e.